The Kier molecular flexibility index (Phi) is 4.92. The molecule has 1 aliphatic rings. The zero-order valence-corrected chi connectivity index (χ0v) is 9.20. The molecule has 2 unspecified atom stereocenters. The van der Waals surface area contributed by atoms with E-state index in [9.17, 15) is 0 Å². The second-order valence-corrected chi connectivity index (χ2v) is 4.06. The molecule has 1 rings (SSSR count). The summed E-state index contributed by atoms with van der Waals surface area (Å²) in [6.45, 7) is 3.87. The third-order valence-electron chi connectivity index (χ3n) is 2.91. The minimum atomic E-state index is 0.0273. The van der Waals surface area contributed by atoms with E-state index in [1.54, 1.807) is 0 Å². The van der Waals surface area contributed by atoms with Crippen molar-refractivity contribution in [1.82, 2.24) is 4.90 Å². The molecule has 1 saturated heterocycles. The summed E-state index contributed by atoms with van der Waals surface area (Å²) < 4.78 is 5.54. The second kappa shape index (κ2) is 6.00. The van der Waals surface area contributed by atoms with Crippen LogP contribution in [-0.2, 0) is 4.74 Å². The van der Waals surface area contributed by atoms with Crippen molar-refractivity contribution >= 4 is 0 Å². The maximum atomic E-state index is 8.70. The quantitative estimate of drug-likeness (QED) is 0.672. The zero-order valence-electron chi connectivity index (χ0n) is 9.20. The molecule has 0 amide bonds. The Hall–Kier alpha value is -0.590. The lowest BCUT2D eigenvalue weighted by Crippen LogP contribution is -2.29. The summed E-state index contributed by atoms with van der Waals surface area (Å²) in [6.07, 6.45) is 5.20. The number of rotatable bonds is 5. The topological polar surface area (TPSA) is 36.3 Å². The highest BCUT2D eigenvalue weighted by atomic mass is 16.5. The lowest BCUT2D eigenvalue weighted by Gasteiger charge is -2.19. The van der Waals surface area contributed by atoms with E-state index in [4.69, 9.17) is 10.00 Å². The molecular formula is C11H20N2O. The summed E-state index contributed by atoms with van der Waals surface area (Å²) in [5.74, 6) is 0. The fourth-order valence-electron chi connectivity index (χ4n) is 1.73. The van der Waals surface area contributed by atoms with Crippen LogP contribution >= 0.6 is 0 Å². The predicted molar refractivity (Wildman–Crippen MR) is 55.9 cm³/mol. The summed E-state index contributed by atoms with van der Waals surface area (Å²) in [5.41, 5.74) is 0. The van der Waals surface area contributed by atoms with Crippen LogP contribution in [0.4, 0.5) is 0 Å². The molecule has 3 heteroatoms. The van der Waals surface area contributed by atoms with Gasteiger partial charge in [0, 0.05) is 6.61 Å². The molecule has 80 valence electrons. The van der Waals surface area contributed by atoms with E-state index in [1.165, 1.54) is 12.8 Å². The van der Waals surface area contributed by atoms with Gasteiger partial charge in [-0.05, 0) is 46.2 Å². The normalized spacial score (nSPS) is 23.7. The predicted octanol–water partition coefficient (Wildman–Crippen LogP) is 1.79. The molecule has 2 atom stereocenters. The molecule has 0 aromatic rings. The molecule has 3 nitrogen and oxygen atoms in total. The Morgan fingerprint density at radius 3 is 3.00 bits per heavy atom. The summed E-state index contributed by atoms with van der Waals surface area (Å²) in [7, 11) is 2.00. The molecule has 0 bridgehead atoms. The first-order valence-electron chi connectivity index (χ1n) is 5.45. The van der Waals surface area contributed by atoms with Crippen LogP contribution in [0.1, 0.15) is 32.6 Å². The molecule has 0 radical (unpaired) electrons. The second-order valence-electron chi connectivity index (χ2n) is 4.06. The number of hydrogen-bond donors (Lipinski definition) is 0. The molecule has 0 N–H and O–H groups in total. The SMILES string of the molecule is CC(C#N)N(C)CCCC1CCCO1. The van der Waals surface area contributed by atoms with E-state index in [-0.39, 0.29) is 6.04 Å². The van der Waals surface area contributed by atoms with E-state index in [1.807, 2.05) is 14.0 Å². The highest BCUT2D eigenvalue weighted by Crippen LogP contribution is 2.16. The Morgan fingerprint density at radius 1 is 1.64 bits per heavy atom. The van der Waals surface area contributed by atoms with Crippen molar-refractivity contribution < 1.29 is 4.74 Å². The molecule has 0 aromatic heterocycles. The highest BCUT2D eigenvalue weighted by molar-refractivity contribution is 4.86. The number of ether oxygens (including phenoxy) is 1. The summed E-state index contributed by atoms with van der Waals surface area (Å²) in [5, 5.41) is 8.70. The number of nitriles is 1. The van der Waals surface area contributed by atoms with Gasteiger partial charge in [0.2, 0.25) is 0 Å². The lowest BCUT2D eigenvalue weighted by molar-refractivity contribution is 0.0992. The van der Waals surface area contributed by atoms with Crippen molar-refractivity contribution in [1.29, 1.82) is 5.26 Å². The standard InChI is InChI=1S/C11H20N2O/c1-10(9-12)13(2)7-3-5-11-6-4-8-14-11/h10-11H,3-8H2,1-2H3. The van der Waals surface area contributed by atoms with Crippen LogP contribution in [0.2, 0.25) is 0 Å². The first kappa shape index (κ1) is 11.5. The van der Waals surface area contributed by atoms with Gasteiger partial charge >= 0.3 is 0 Å². The van der Waals surface area contributed by atoms with Crippen molar-refractivity contribution in [2.24, 2.45) is 0 Å². The summed E-state index contributed by atoms with van der Waals surface area (Å²) >= 11 is 0. The van der Waals surface area contributed by atoms with Crippen molar-refractivity contribution in [3.8, 4) is 6.07 Å². The van der Waals surface area contributed by atoms with E-state index < -0.39 is 0 Å². The van der Waals surface area contributed by atoms with Gasteiger partial charge in [-0.3, -0.25) is 4.90 Å². The van der Waals surface area contributed by atoms with Gasteiger partial charge in [0.25, 0.3) is 0 Å². The lowest BCUT2D eigenvalue weighted by atomic mass is 10.1. The fourth-order valence-corrected chi connectivity index (χ4v) is 1.73. The van der Waals surface area contributed by atoms with Crippen LogP contribution in [0.15, 0.2) is 0 Å². The van der Waals surface area contributed by atoms with Crippen molar-refractivity contribution in [3.05, 3.63) is 0 Å². The highest BCUT2D eigenvalue weighted by Gasteiger charge is 2.15. The van der Waals surface area contributed by atoms with Crippen molar-refractivity contribution in [3.63, 3.8) is 0 Å². The van der Waals surface area contributed by atoms with E-state index in [2.05, 4.69) is 11.0 Å². The van der Waals surface area contributed by atoms with Gasteiger partial charge in [0.1, 0.15) is 0 Å². The van der Waals surface area contributed by atoms with Crippen molar-refractivity contribution in [2.45, 2.75) is 44.8 Å². The average molecular weight is 196 g/mol. The Labute approximate surface area is 86.6 Å². The smallest absolute Gasteiger partial charge is 0.0946 e. The van der Waals surface area contributed by atoms with Crippen LogP contribution in [0.25, 0.3) is 0 Å². The van der Waals surface area contributed by atoms with E-state index in [0.29, 0.717) is 6.10 Å². The number of nitrogens with zero attached hydrogens (tertiary/aromatic N) is 2. The molecule has 1 heterocycles. The minimum absolute atomic E-state index is 0.0273. The molecule has 0 aliphatic carbocycles. The summed E-state index contributed by atoms with van der Waals surface area (Å²) in [6, 6.07) is 2.27. The van der Waals surface area contributed by atoms with Crippen LogP contribution in [-0.4, -0.2) is 37.2 Å². The molecule has 1 fully saturated rings. The van der Waals surface area contributed by atoms with Crippen LogP contribution < -0.4 is 0 Å². The molecule has 1 aliphatic heterocycles. The van der Waals surface area contributed by atoms with E-state index in [0.717, 1.165) is 26.0 Å². The fraction of sp³-hybridized carbons (Fsp3) is 0.909. The third-order valence-corrected chi connectivity index (χ3v) is 2.91. The van der Waals surface area contributed by atoms with E-state index >= 15 is 0 Å². The van der Waals surface area contributed by atoms with Crippen LogP contribution in [0.3, 0.4) is 0 Å². The average Bonchev–Trinajstić information content (AvgIpc) is 2.69. The van der Waals surface area contributed by atoms with Gasteiger partial charge in [0.15, 0.2) is 0 Å². The monoisotopic (exact) mass is 196 g/mol. The zero-order chi connectivity index (χ0) is 10.4. The largest absolute Gasteiger partial charge is 0.378 e. The third kappa shape index (κ3) is 3.65. The van der Waals surface area contributed by atoms with Gasteiger partial charge in [-0.2, -0.15) is 5.26 Å². The van der Waals surface area contributed by atoms with Gasteiger partial charge < -0.3 is 4.74 Å². The number of hydrogen-bond acceptors (Lipinski definition) is 3. The maximum Gasteiger partial charge on any atom is 0.0946 e. The Balaban J connectivity index is 2.05. The van der Waals surface area contributed by atoms with Gasteiger partial charge in [-0.1, -0.05) is 0 Å². The molecule has 0 saturated carbocycles. The first-order valence-corrected chi connectivity index (χ1v) is 5.45. The van der Waals surface area contributed by atoms with Gasteiger partial charge in [0.05, 0.1) is 18.2 Å². The van der Waals surface area contributed by atoms with Crippen molar-refractivity contribution in [2.75, 3.05) is 20.2 Å². The first-order chi connectivity index (χ1) is 6.74. The Bertz CT molecular complexity index is 194. The Morgan fingerprint density at radius 2 is 2.43 bits per heavy atom. The van der Waals surface area contributed by atoms with Crippen LogP contribution in [0, 0.1) is 11.3 Å². The van der Waals surface area contributed by atoms with Crippen LogP contribution in [0.5, 0.6) is 0 Å². The molecule has 0 aromatic carbocycles. The van der Waals surface area contributed by atoms with Gasteiger partial charge in [-0.15, -0.1) is 0 Å². The minimum Gasteiger partial charge on any atom is -0.378 e. The molecule has 14 heavy (non-hydrogen) atoms. The summed E-state index contributed by atoms with van der Waals surface area (Å²) in [4.78, 5) is 2.09. The van der Waals surface area contributed by atoms with Gasteiger partial charge in [-0.25, -0.2) is 0 Å². The molecular weight excluding hydrogens is 176 g/mol. The maximum absolute atomic E-state index is 8.70. The molecule has 0 spiro atoms.